The highest BCUT2D eigenvalue weighted by molar-refractivity contribution is 5.03. The van der Waals surface area contributed by atoms with Crippen LogP contribution in [0.3, 0.4) is 0 Å². The maximum absolute atomic E-state index is 6.17. The Morgan fingerprint density at radius 3 is 1.82 bits per heavy atom. The van der Waals surface area contributed by atoms with Gasteiger partial charge in [0.15, 0.2) is 0 Å². The minimum absolute atomic E-state index is 0.286. The first-order valence-corrected chi connectivity index (χ1v) is 7.41. The van der Waals surface area contributed by atoms with E-state index in [1.165, 1.54) is 32.4 Å². The third-order valence-corrected chi connectivity index (χ3v) is 4.10. The van der Waals surface area contributed by atoms with Gasteiger partial charge in [0, 0.05) is 25.2 Å². The zero-order valence-electron chi connectivity index (χ0n) is 12.5. The summed E-state index contributed by atoms with van der Waals surface area (Å²) in [5.41, 5.74) is 6.46. The van der Waals surface area contributed by atoms with Crippen LogP contribution in [-0.2, 0) is 0 Å². The normalized spacial score (nSPS) is 20.3. The highest BCUT2D eigenvalue weighted by atomic mass is 15.2. The fourth-order valence-corrected chi connectivity index (χ4v) is 3.15. The molecule has 1 aliphatic rings. The van der Waals surface area contributed by atoms with Gasteiger partial charge in [-0.05, 0) is 37.0 Å². The lowest BCUT2D eigenvalue weighted by molar-refractivity contribution is 0.0456. The monoisotopic (exact) mass is 240 g/mol. The summed E-state index contributed by atoms with van der Waals surface area (Å²) in [4.78, 5) is 2.71. The van der Waals surface area contributed by atoms with Crippen molar-refractivity contribution in [3.05, 3.63) is 0 Å². The average Bonchev–Trinajstić information content (AvgIpc) is 3.03. The Morgan fingerprint density at radius 1 is 1.12 bits per heavy atom. The summed E-state index contributed by atoms with van der Waals surface area (Å²) in [6.45, 7) is 14.8. The maximum Gasteiger partial charge on any atom is 0.0357 e. The van der Waals surface area contributed by atoms with Gasteiger partial charge in [0.1, 0.15) is 0 Å². The summed E-state index contributed by atoms with van der Waals surface area (Å²) in [7, 11) is 0. The van der Waals surface area contributed by atoms with E-state index in [9.17, 15) is 0 Å². The van der Waals surface area contributed by atoms with Gasteiger partial charge in [-0.2, -0.15) is 0 Å². The third-order valence-electron chi connectivity index (χ3n) is 4.10. The molecule has 1 saturated carbocycles. The Hall–Kier alpha value is -0.0800. The van der Waals surface area contributed by atoms with Crippen LogP contribution in [0, 0.1) is 17.8 Å². The molecule has 0 radical (unpaired) electrons. The molecule has 0 aliphatic heterocycles. The largest absolute Gasteiger partial charge is 0.329 e. The summed E-state index contributed by atoms with van der Waals surface area (Å²) >= 11 is 0. The SMILES string of the molecule is CCC(CN)(C1CC1)N(CC(C)C)CC(C)C. The van der Waals surface area contributed by atoms with Crippen molar-refractivity contribution < 1.29 is 0 Å². The number of nitrogens with two attached hydrogens (primary N) is 1. The van der Waals surface area contributed by atoms with Crippen molar-refractivity contribution in [2.45, 2.75) is 59.4 Å². The van der Waals surface area contributed by atoms with Crippen molar-refractivity contribution >= 4 is 0 Å². The number of nitrogens with zero attached hydrogens (tertiary/aromatic N) is 1. The van der Waals surface area contributed by atoms with Crippen LogP contribution >= 0.6 is 0 Å². The first-order chi connectivity index (χ1) is 7.96. The summed E-state index contributed by atoms with van der Waals surface area (Å²) in [6.07, 6.45) is 3.98. The molecule has 17 heavy (non-hydrogen) atoms. The van der Waals surface area contributed by atoms with Crippen molar-refractivity contribution in [1.82, 2.24) is 4.90 Å². The van der Waals surface area contributed by atoms with E-state index in [1.54, 1.807) is 0 Å². The average molecular weight is 240 g/mol. The molecule has 2 N–H and O–H groups in total. The van der Waals surface area contributed by atoms with Gasteiger partial charge < -0.3 is 5.73 Å². The van der Waals surface area contributed by atoms with Crippen molar-refractivity contribution in [3.8, 4) is 0 Å². The molecular formula is C15H32N2. The van der Waals surface area contributed by atoms with E-state index in [1.807, 2.05) is 0 Å². The second-order valence-corrected chi connectivity index (χ2v) is 6.63. The van der Waals surface area contributed by atoms with Crippen LogP contribution < -0.4 is 5.73 Å². The molecule has 0 amide bonds. The van der Waals surface area contributed by atoms with Crippen LogP contribution in [0.1, 0.15) is 53.9 Å². The Kier molecular flexibility index (Phi) is 5.46. The molecule has 0 aromatic carbocycles. The molecule has 0 aromatic heterocycles. The van der Waals surface area contributed by atoms with E-state index in [0.29, 0.717) is 0 Å². The van der Waals surface area contributed by atoms with E-state index in [2.05, 4.69) is 39.5 Å². The summed E-state index contributed by atoms with van der Waals surface area (Å²) in [6, 6.07) is 0. The van der Waals surface area contributed by atoms with Gasteiger partial charge in [0.25, 0.3) is 0 Å². The first-order valence-electron chi connectivity index (χ1n) is 7.41. The van der Waals surface area contributed by atoms with Crippen molar-refractivity contribution in [1.29, 1.82) is 0 Å². The predicted molar refractivity (Wildman–Crippen MR) is 76.0 cm³/mol. The van der Waals surface area contributed by atoms with Crippen LogP contribution in [-0.4, -0.2) is 30.1 Å². The van der Waals surface area contributed by atoms with Gasteiger partial charge in [-0.1, -0.05) is 34.6 Å². The fraction of sp³-hybridized carbons (Fsp3) is 1.00. The second kappa shape index (κ2) is 6.19. The van der Waals surface area contributed by atoms with Gasteiger partial charge in [-0.25, -0.2) is 0 Å². The van der Waals surface area contributed by atoms with Gasteiger partial charge >= 0.3 is 0 Å². The first kappa shape index (κ1) is 15.0. The van der Waals surface area contributed by atoms with Crippen LogP contribution in [0.5, 0.6) is 0 Å². The van der Waals surface area contributed by atoms with E-state index >= 15 is 0 Å². The van der Waals surface area contributed by atoms with E-state index in [-0.39, 0.29) is 5.54 Å². The highest BCUT2D eigenvalue weighted by Gasteiger charge is 2.46. The molecule has 0 aromatic rings. The Morgan fingerprint density at radius 2 is 1.59 bits per heavy atom. The smallest absolute Gasteiger partial charge is 0.0357 e. The van der Waals surface area contributed by atoms with E-state index in [4.69, 9.17) is 5.73 Å². The highest BCUT2D eigenvalue weighted by Crippen LogP contribution is 2.45. The molecule has 0 heterocycles. The molecule has 1 unspecified atom stereocenters. The summed E-state index contributed by atoms with van der Waals surface area (Å²) in [5.74, 6) is 2.31. The molecule has 0 saturated heterocycles. The van der Waals surface area contributed by atoms with E-state index in [0.717, 1.165) is 24.3 Å². The Labute approximate surface area is 108 Å². The van der Waals surface area contributed by atoms with E-state index < -0.39 is 0 Å². The van der Waals surface area contributed by atoms with Crippen LogP contribution in [0.25, 0.3) is 0 Å². The summed E-state index contributed by atoms with van der Waals surface area (Å²) in [5, 5.41) is 0. The number of hydrogen-bond acceptors (Lipinski definition) is 2. The van der Waals surface area contributed by atoms with Crippen molar-refractivity contribution in [2.24, 2.45) is 23.5 Å². The quantitative estimate of drug-likeness (QED) is 0.706. The summed E-state index contributed by atoms with van der Waals surface area (Å²) < 4.78 is 0. The van der Waals surface area contributed by atoms with Gasteiger partial charge in [0.2, 0.25) is 0 Å². The predicted octanol–water partition coefficient (Wildman–Crippen LogP) is 3.12. The molecule has 2 nitrogen and oxygen atoms in total. The standard InChI is InChI=1S/C15H32N2/c1-6-15(11-16,14-7-8-14)17(9-12(2)3)10-13(4)5/h12-14H,6-11,16H2,1-5H3. The lowest BCUT2D eigenvalue weighted by Gasteiger charge is -2.45. The minimum atomic E-state index is 0.286. The molecule has 1 fully saturated rings. The lowest BCUT2D eigenvalue weighted by Crippen LogP contribution is -2.57. The van der Waals surface area contributed by atoms with Gasteiger partial charge in [-0.3, -0.25) is 4.90 Å². The topological polar surface area (TPSA) is 29.3 Å². The fourth-order valence-electron chi connectivity index (χ4n) is 3.15. The molecule has 0 bridgehead atoms. The molecule has 102 valence electrons. The van der Waals surface area contributed by atoms with Gasteiger partial charge in [0.05, 0.1) is 0 Å². The second-order valence-electron chi connectivity index (χ2n) is 6.63. The molecule has 2 heteroatoms. The van der Waals surface area contributed by atoms with Crippen LogP contribution in [0.4, 0.5) is 0 Å². The van der Waals surface area contributed by atoms with Crippen molar-refractivity contribution in [3.63, 3.8) is 0 Å². The zero-order chi connectivity index (χ0) is 13.1. The molecule has 1 rings (SSSR count). The minimum Gasteiger partial charge on any atom is -0.329 e. The van der Waals surface area contributed by atoms with Crippen LogP contribution in [0.15, 0.2) is 0 Å². The third kappa shape index (κ3) is 3.69. The Balaban J connectivity index is 2.82. The van der Waals surface area contributed by atoms with Crippen molar-refractivity contribution in [2.75, 3.05) is 19.6 Å². The maximum atomic E-state index is 6.17. The molecule has 1 atom stereocenters. The molecular weight excluding hydrogens is 208 g/mol. The van der Waals surface area contributed by atoms with Gasteiger partial charge in [-0.15, -0.1) is 0 Å². The zero-order valence-corrected chi connectivity index (χ0v) is 12.5. The van der Waals surface area contributed by atoms with Crippen LogP contribution in [0.2, 0.25) is 0 Å². The number of hydrogen-bond donors (Lipinski definition) is 1. The lowest BCUT2D eigenvalue weighted by atomic mass is 9.86. The number of rotatable bonds is 8. The molecule has 0 spiro atoms. The molecule has 1 aliphatic carbocycles. The Bertz CT molecular complexity index is 205.